The molecule has 1 aliphatic rings. The maximum absolute atomic E-state index is 12.6. The smallest absolute Gasteiger partial charge is 0.257 e. The quantitative estimate of drug-likeness (QED) is 0.819. The van der Waals surface area contributed by atoms with Gasteiger partial charge in [0.2, 0.25) is 6.41 Å². The number of hydrogen-bond donors (Lipinski definition) is 1. The number of methoxy groups -OCH3 is 1. The number of nitrogens with one attached hydrogen (secondary N) is 1. The van der Waals surface area contributed by atoms with Gasteiger partial charge in [0, 0.05) is 31.9 Å². The zero-order valence-electron chi connectivity index (χ0n) is 14.4. The first-order valence-electron chi connectivity index (χ1n) is 8.30. The van der Waals surface area contributed by atoms with Crippen molar-refractivity contribution in [3.8, 4) is 5.75 Å². The molecule has 1 aliphatic heterocycles. The normalized spacial score (nSPS) is 14.1. The molecule has 0 unspecified atom stereocenters. The Kier molecular flexibility index (Phi) is 5.63. The van der Waals surface area contributed by atoms with Crippen molar-refractivity contribution in [2.45, 2.75) is 0 Å². The number of carbonyl (C=O) groups excluding carboxylic acids is 2. The van der Waals surface area contributed by atoms with Crippen molar-refractivity contribution in [1.29, 1.82) is 0 Å². The highest BCUT2D eigenvalue weighted by atomic mass is 35.5. The summed E-state index contributed by atoms with van der Waals surface area (Å²) in [6.45, 7) is 2.83. The van der Waals surface area contributed by atoms with Gasteiger partial charge in [-0.2, -0.15) is 0 Å². The van der Waals surface area contributed by atoms with Crippen molar-refractivity contribution in [3.63, 3.8) is 0 Å². The Bertz CT molecular complexity index is 804. The Morgan fingerprint density at radius 1 is 1.15 bits per heavy atom. The van der Waals surface area contributed by atoms with Crippen molar-refractivity contribution in [1.82, 2.24) is 4.90 Å². The van der Waals surface area contributed by atoms with Crippen LogP contribution in [0.5, 0.6) is 5.75 Å². The van der Waals surface area contributed by atoms with Crippen LogP contribution in [0.15, 0.2) is 42.5 Å². The van der Waals surface area contributed by atoms with E-state index in [2.05, 4.69) is 10.2 Å². The van der Waals surface area contributed by atoms with Crippen LogP contribution in [0.25, 0.3) is 0 Å². The summed E-state index contributed by atoms with van der Waals surface area (Å²) in [5.74, 6) is 0.275. The van der Waals surface area contributed by atoms with Crippen LogP contribution >= 0.6 is 11.6 Å². The molecule has 0 bridgehead atoms. The van der Waals surface area contributed by atoms with Crippen molar-refractivity contribution in [3.05, 3.63) is 53.1 Å². The van der Waals surface area contributed by atoms with E-state index in [1.807, 2.05) is 18.2 Å². The van der Waals surface area contributed by atoms with Gasteiger partial charge in [-0.05, 0) is 30.3 Å². The van der Waals surface area contributed by atoms with Gasteiger partial charge in [-0.3, -0.25) is 9.59 Å². The number of nitrogens with zero attached hydrogens (tertiary/aromatic N) is 2. The molecule has 2 aromatic rings. The number of rotatable bonds is 5. The fourth-order valence-electron chi connectivity index (χ4n) is 2.91. The van der Waals surface area contributed by atoms with Gasteiger partial charge in [-0.15, -0.1) is 0 Å². The summed E-state index contributed by atoms with van der Waals surface area (Å²) in [6, 6.07) is 12.5. The maximum Gasteiger partial charge on any atom is 0.257 e. The third-order valence-corrected chi connectivity index (χ3v) is 4.71. The van der Waals surface area contributed by atoms with Gasteiger partial charge in [-0.25, -0.2) is 0 Å². The first kappa shape index (κ1) is 18.1. The van der Waals surface area contributed by atoms with Gasteiger partial charge in [0.05, 0.1) is 23.4 Å². The van der Waals surface area contributed by atoms with E-state index in [9.17, 15) is 9.59 Å². The zero-order valence-corrected chi connectivity index (χ0v) is 15.2. The van der Waals surface area contributed by atoms with Crippen LogP contribution in [-0.2, 0) is 4.79 Å². The third-order valence-electron chi connectivity index (χ3n) is 4.38. The summed E-state index contributed by atoms with van der Waals surface area (Å²) >= 11 is 6.11. The minimum atomic E-state index is -0.295. The third kappa shape index (κ3) is 3.91. The van der Waals surface area contributed by atoms with Gasteiger partial charge in [0.1, 0.15) is 5.75 Å². The number of benzene rings is 2. The number of ether oxygens (including phenoxy) is 1. The number of anilines is 2. The van der Waals surface area contributed by atoms with Crippen LogP contribution in [0.3, 0.4) is 0 Å². The molecule has 2 aromatic carbocycles. The molecule has 0 aliphatic carbocycles. The summed E-state index contributed by atoms with van der Waals surface area (Å²) in [7, 11) is 1.56. The van der Waals surface area contributed by atoms with E-state index in [0.29, 0.717) is 35.1 Å². The first-order valence-corrected chi connectivity index (χ1v) is 8.68. The van der Waals surface area contributed by atoms with E-state index in [0.717, 1.165) is 25.2 Å². The lowest BCUT2D eigenvalue weighted by atomic mass is 10.2. The summed E-state index contributed by atoms with van der Waals surface area (Å²) < 4.78 is 5.37. The number of amides is 2. The highest BCUT2D eigenvalue weighted by molar-refractivity contribution is 6.34. The lowest BCUT2D eigenvalue weighted by Crippen LogP contribution is -2.45. The monoisotopic (exact) mass is 373 g/mol. The molecule has 1 N–H and O–H groups in total. The second kappa shape index (κ2) is 8.10. The van der Waals surface area contributed by atoms with Crippen molar-refractivity contribution in [2.24, 2.45) is 0 Å². The molecule has 0 atom stereocenters. The van der Waals surface area contributed by atoms with E-state index in [-0.39, 0.29) is 5.91 Å². The minimum Gasteiger partial charge on any atom is -0.495 e. The van der Waals surface area contributed by atoms with E-state index in [1.165, 1.54) is 0 Å². The number of halogens is 1. The fourth-order valence-corrected chi connectivity index (χ4v) is 3.13. The standard InChI is InChI=1S/C19H20ClN3O3/c1-26-18-7-6-14(23-10-8-22(13-24)9-11-23)12-17(18)21-19(25)15-4-2-3-5-16(15)20/h2-7,12-13H,8-11H2,1H3,(H,21,25). The van der Waals surface area contributed by atoms with Crippen LogP contribution in [0.2, 0.25) is 5.02 Å². The van der Waals surface area contributed by atoms with E-state index >= 15 is 0 Å². The molecule has 0 spiro atoms. The van der Waals surface area contributed by atoms with E-state index in [4.69, 9.17) is 16.3 Å². The summed E-state index contributed by atoms with van der Waals surface area (Å²) in [6.07, 6.45) is 0.876. The van der Waals surface area contributed by atoms with E-state index in [1.54, 1.807) is 36.3 Å². The van der Waals surface area contributed by atoms with Crippen molar-refractivity contribution in [2.75, 3.05) is 43.5 Å². The van der Waals surface area contributed by atoms with Gasteiger partial charge in [0.15, 0.2) is 0 Å². The molecular weight excluding hydrogens is 354 g/mol. The fraction of sp³-hybridized carbons (Fsp3) is 0.263. The number of carbonyl (C=O) groups is 2. The molecule has 0 aromatic heterocycles. The first-order chi connectivity index (χ1) is 12.6. The largest absolute Gasteiger partial charge is 0.495 e. The van der Waals surface area contributed by atoms with Gasteiger partial charge >= 0.3 is 0 Å². The predicted octanol–water partition coefficient (Wildman–Crippen LogP) is 2.88. The Balaban J connectivity index is 1.81. The molecule has 6 nitrogen and oxygen atoms in total. The Morgan fingerprint density at radius 2 is 1.88 bits per heavy atom. The summed E-state index contributed by atoms with van der Waals surface area (Å²) in [5, 5.41) is 3.27. The second-order valence-electron chi connectivity index (χ2n) is 5.95. The molecule has 1 fully saturated rings. The highest BCUT2D eigenvalue weighted by Crippen LogP contribution is 2.31. The molecule has 136 valence electrons. The molecule has 2 amide bonds. The Labute approximate surface area is 157 Å². The minimum absolute atomic E-state index is 0.295. The molecule has 26 heavy (non-hydrogen) atoms. The van der Waals surface area contributed by atoms with Crippen molar-refractivity contribution < 1.29 is 14.3 Å². The Morgan fingerprint density at radius 3 is 2.54 bits per heavy atom. The molecule has 0 radical (unpaired) electrons. The van der Waals surface area contributed by atoms with Crippen molar-refractivity contribution >= 4 is 35.3 Å². The molecule has 7 heteroatoms. The zero-order chi connectivity index (χ0) is 18.5. The maximum atomic E-state index is 12.6. The molecule has 1 heterocycles. The van der Waals surface area contributed by atoms with Gasteiger partial charge in [-0.1, -0.05) is 23.7 Å². The molecule has 0 saturated carbocycles. The number of piperazine rings is 1. The topological polar surface area (TPSA) is 61.9 Å². The predicted molar refractivity (Wildman–Crippen MR) is 102 cm³/mol. The Hall–Kier alpha value is -2.73. The molecule has 3 rings (SSSR count). The average Bonchev–Trinajstić information content (AvgIpc) is 2.68. The van der Waals surface area contributed by atoms with Crippen LogP contribution in [0.1, 0.15) is 10.4 Å². The molecular formula is C19H20ClN3O3. The summed E-state index contributed by atoms with van der Waals surface area (Å²) in [5.41, 5.74) is 1.94. The van der Waals surface area contributed by atoms with Crippen LogP contribution in [0, 0.1) is 0 Å². The van der Waals surface area contributed by atoms with E-state index < -0.39 is 0 Å². The van der Waals surface area contributed by atoms with Gasteiger partial charge < -0.3 is 19.9 Å². The lowest BCUT2D eigenvalue weighted by Gasteiger charge is -2.34. The highest BCUT2D eigenvalue weighted by Gasteiger charge is 2.18. The SMILES string of the molecule is COc1ccc(N2CCN(C=O)CC2)cc1NC(=O)c1ccccc1Cl. The molecule has 1 saturated heterocycles. The van der Waals surface area contributed by atoms with Crippen LogP contribution in [-0.4, -0.2) is 50.5 Å². The number of hydrogen-bond acceptors (Lipinski definition) is 4. The summed E-state index contributed by atoms with van der Waals surface area (Å²) in [4.78, 5) is 27.3. The van der Waals surface area contributed by atoms with Gasteiger partial charge in [0.25, 0.3) is 5.91 Å². The second-order valence-corrected chi connectivity index (χ2v) is 6.35. The lowest BCUT2D eigenvalue weighted by molar-refractivity contribution is -0.118. The van der Waals surface area contributed by atoms with Crippen LogP contribution in [0.4, 0.5) is 11.4 Å². The average molecular weight is 374 g/mol. The van der Waals surface area contributed by atoms with Crippen LogP contribution < -0.4 is 15.0 Å².